The number of benzene rings is 2. The molecule has 0 aliphatic carbocycles. The molecule has 2 aromatic carbocycles. The van der Waals surface area contributed by atoms with Crippen LogP contribution >= 0.6 is 0 Å². The molecular weight excluding hydrogens is 276 g/mol. The second kappa shape index (κ2) is 8.62. The molecule has 0 fully saturated rings. The van der Waals surface area contributed by atoms with Crippen LogP contribution in [0.4, 0.5) is 0 Å². The van der Waals surface area contributed by atoms with Gasteiger partial charge in [0.05, 0.1) is 6.21 Å². The fraction of sp³-hybridized carbons (Fsp3) is 0.222. The van der Waals surface area contributed by atoms with Gasteiger partial charge in [-0.3, -0.25) is 4.79 Å². The topological polar surface area (TPSA) is 50.7 Å². The van der Waals surface area contributed by atoms with Crippen LogP contribution < -0.4 is 5.32 Å². The summed E-state index contributed by atoms with van der Waals surface area (Å²) in [7, 11) is 0. The Morgan fingerprint density at radius 1 is 1.14 bits per heavy atom. The van der Waals surface area contributed by atoms with E-state index < -0.39 is 0 Å². The zero-order chi connectivity index (χ0) is 15.6. The van der Waals surface area contributed by atoms with Gasteiger partial charge in [0.15, 0.2) is 6.61 Å². The summed E-state index contributed by atoms with van der Waals surface area (Å²) >= 11 is 0. The number of nitrogens with zero attached hydrogens (tertiary/aromatic N) is 1. The minimum Gasteiger partial charge on any atom is -0.386 e. The normalized spacial score (nSPS) is 10.6. The fourth-order valence-electron chi connectivity index (χ4n) is 1.96. The van der Waals surface area contributed by atoms with Gasteiger partial charge in [-0.05, 0) is 30.0 Å². The third-order valence-electron chi connectivity index (χ3n) is 3.23. The lowest BCUT2D eigenvalue weighted by atomic mass is 10.1. The zero-order valence-corrected chi connectivity index (χ0v) is 12.7. The van der Waals surface area contributed by atoms with Crippen molar-refractivity contribution in [3.05, 3.63) is 71.3 Å². The number of carbonyl (C=O) groups excluding carboxylic acids is 1. The van der Waals surface area contributed by atoms with Crippen LogP contribution in [-0.4, -0.2) is 25.3 Å². The van der Waals surface area contributed by atoms with Gasteiger partial charge < -0.3 is 10.2 Å². The van der Waals surface area contributed by atoms with E-state index in [9.17, 15) is 4.79 Å². The number of aryl methyl sites for hydroxylation is 1. The summed E-state index contributed by atoms with van der Waals surface area (Å²) in [6.45, 7) is 2.52. The van der Waals surface area contributed by atoms with E-state index in [4.69, 9.17) is 4.84 Å². The molecule has 2 rings (SSSR count). The molecule has 0 spiro atoms. The molecular formula is C18H20N2O2. The highest BCUT2D eigenvalue weighted by Crippen LogP contribution is 2.03. The first-order valence-electron chi connectivity index (χ1n) is 7.27. The van der Waals surface area contributed by atoms with Crippen LogP contribution in [-0.2, 0) is 16.1 Å². The molecule has 0 heterocycles. The molecule has 1 amide bonds. The van der Waals surface area contributed by atoms with Gasteiger partial charge in [-0.2, -0.15) is 0 Å². The van der Waals surface area contributed by atoms with E-state index in [0.717, 1.165) is 17.5 Å². The van der Waals surface area contributed by atoms with Gasteiger partial charge in [-0.1, -0.05) is 59.8 Å². The van der Waals surface area contributed by atoms with E-state index in [0.29, 0.717) is 6.54 Å². The predicted molar refractivity (Wildman–Crippen MR) is 87.9 cm³/mol. The standard InChI is InChI=1S/C18H20N2O2/c1-15-7-5-6-10-17(15)13-20-22-14-18(21)19-12-11-16-8-3-2-4-9-16/h2-10,13H,11-12,14H2,1H3,(H,19,21)/b20-13-. The first-order chi connectivity index (χ1) is 10.8. The largest absolute Gasteiger partial charge is 0.386 e. The number of carbonyl (C=O) groups is 1. The van der Waals surface area contributed by atoms with E-state index in [1.54, 1.807) is 6.21 Å². The number of hydrogen-bond acceptors (Lipinski definition) is 3. The van der Waals surface area contributed by atoms with Gasteiger partial charge >= 0.3 is 0 Å². The Labute approximate surface area is 130 Å². The molecule has 0 atom stereocenters. The number of amides is 1. The monoisotopic (exact) mass is 296 g/mol. The molecule has 4 heteroatoms. The minimum absolute atomic E-state index is 0.0723. The molecule has 0 unspecified atom stereocenters. The van der Waals surface area contributed by atoms with Crippen molar-refractivity contribution in [2.24, 2.45) is 5.16 Å². The van der Waals surface area contributed by atoms with Crippen LogP contribution in [0.2, 0.25) is 0 Å². The average Bonchev–Trinajstić information content (AvgIpc) is 2.54. The van der Waals surface area contributed by atoms with Crippen LogP contribution in [0, 0.1) is 6.92 Å². The smallest absolute Gasteiger partial charge is 0.260 e. The van der Waals surface area contributed by atoms with Gasteiger partial charge in [0, 0.05) is 6.54 Å². The molecule has 0 bridgehead atoms. The Balaban J connectivity index is 1.65. The van der Waals surface area contributed by atoms with E-state index in [-0.39, 0.29) is 12.5 Å². The molecule has 114 valence electrons. The third kappa shape index (κ3) is 5.40. The van der Waals surface area contributed by atoms with Crippen molar-refractivity contribution in [2.45, 2.75) is 13.3 Å². The third-order valence-corrected chi connectivity index (χ3v) is 3.23. The van der Waals surface area contributed by atoms with E-state index in [1.165, 1.54) is 5.56 Å². The summed E-state index contributed by atoms with van der Waals surface area (Å²) in [5.74, 6) is -0.169. The van der Waals surface area contributed by atoms with Crippen molar-refractivity contribution >= 4 is 12.1 Å². The van der Waals surface area contributed by atoms with E-state index in [2.05, 4.69) is 10.5 Å². The molecule has 0 aromatic heterocycles. The number of hydrogen-bond donors (Lipinski definition) is 1. The summed E-state index contributed by atoms with van der Waals surface area (Å²) in [6, 6.07) is 17.9. The number of rotatable bonds is 7. The lowest BCUT2D eigenvalue weighted by Crippen LogP contribution is -2.28. The van der Waals surface area contributed by atoms with Crippen molar-refractivity contribution in [3.8, 4) is 0 Å². The molecule has 22 heavy (non-hydrogen) atoms. The van der Waals surface area contributed by atoms with Crippen LogP contribution in [0.3, 0.4) is 0 Å². The van der Waals surface area contributed by atoms with Gasteiger partial charge in [0.2, 0.25) is 0 Å². The lowest BCUT2D eigenvalue weighted by Gasteiger charge is -2.04. The minimum atomic E-state index is -0.169. The van der Waals surface area contributed by atoms with Crippen LogP contribution in [0.5, 0.6) is 0 Å². The van der Waals surface area contributed by atoms with Crippen molar-refractivity contribution in [3.63, 3.8) is 0 Å². The molecule has 2 aromatic rings. The van der Waals surface area contributed by atoms with Crippen molar-refractivity contribution in [2.75, 3.05) is 13.2 Å². The Hall–Kier alpha value is -2.62. The van der Waals surface area contributed by atoms with Crippen molar-refractivity contribution < 1.29 is 9.63 Å². The summed E-state index contributed by atoms with van der Waals surface area (Å²) in [5.41, 5.74) is 3.29. The zero-order valence-electron chi connectivity index (χ0n) is 12.7. The second-order valence-electron chi connectivity index (χ2n) is 4.95. The maximum absolute atomic E-state index is 11.6. The highest BCUT2D eigenvalue weighted by atomic mass is 16.6. The van der Waals surface area contributed by atoms with Crippen molar-refractivity contribution in [1.29, 1.82) is 0 Å². The van der Waals surface area contributed by atoms with Crippen LogP contribution in [0.25, 0.3) is 0 Å². The quantitative estimate of drug-likeness (QED) is 0.631. The molecule has 0 aliphatic rings. The van der Waals surface area contributed by atoms with Crippen LogP contribution in [0.15, 0.2) is 59.8 Å². The van der Waals surface area contributed by atoms with Crippen LogP contribution in [0.1, 0.15) is 16.7 Å². The maximum atomic E-state index is 11.6. The average molecular weight is 296 g/mol. The Bertz CT molecular complexity index is 624. The van der Waals surface area contributed by atoms with Gasteiger partial charge in [0.25, 0.3) is 5.91 Å². The molecule has 0 saturated heterocycles. The lowest BCUT2D eigenvalue weighted by molar-refractivity contribution is -0.125. The molecule has 0 saturated carbocycles. The van der Waals surface area contributed by atoms with Gasteiger partial charge in [-0.15, -0.1) is 0 Å². The maximum Gasteiger partial charge on any atom is 0.260 e. The van der Waals surface area contributed by atoms with Gasteiger partial charge in [0.1, 0.15) is 0 Å². The fourth-order valence-corrected chi connectivity index (χ4v) is 1.96. The molecule has 4 nitrogen and oxygen atoms in total. The highest BCUT2D eigenvalue weighted by molar-refractivity contribution is 5.81. The Morgan fingerprint density at radius 2 is 1.86 bits per heavy atom. The van der Waals surface area contributed by atoms with Gasteiger partial charge in [-0.25, -0.2) is 0 Å². The van der Waals surface area contributed by atoms with E-state index >= 15 is 0 Å². The highest BCUT2D eigenvalue weighted by Gasteiger charge is 2.00. The first-order valence-corrected chi connectivity index (χ1v) is 7.27. The summed E-state index contributed by atoms with van der Waals surface area (Å²) < 4.78 is 0. The molecule has 0 radical (unpaired) electrons. The second-order valence-corrected chi connectivity index (χ2v) is 4.95. The summed E-state index contributed by atoms with van der Waals surface area (Å²) in [5, 5.41) is 6.63. The Kier molecular flexibility index (Phi) is 6.18. The molecule has 1 N–H and O–H groups in total. The number of nitrogens with one attached hydrogen (secondary N) is 1. The van der Waals surface area contributed by atoms with E-state index in [1.807, 2.05) is 61.5 Å². The summed E-state index contributed by atoms with van der Waals surface area (Å²) in [6.07, 6.45) is 2.42. The Morgan fingerprint density at radius 3 is 2.64 bits per heavy atom. The molecule has 0 aliphatic heterocycles. The number of oxime groups is 1. The SMILES string of the molecule is Cc1ccccc1/C=N\OCC(=O)NCCc1ccccc1. The predicted octanol–water partition coefficient (Wildman–Crippen LogP) is 2.70. The summed E-state index contributed by atoms with van der Waals surface area (Å²) in [4.78, 5) is 16.6. The van der Waals surface area contributed by atoms with Crippen molar-refractivity contribution in [1.82, 2.24) is 5.32 Å². The first kappa shape index (κ1) is 15.8.